The number of hydrogen-bond donors (Lipinski definition) is 1. The normalized spacial score (nSPS) is 20.5. The molecule has 11 heavy (non-hydrogen) atoms. The van der Waals surface area contributed by atoms with E-state index >= 15 is 0 Å². The minimum atomic E-state index is -0.0139. The first-order chi connectivity index (χ1) is 5.30. The van der Waals surface area contributed by atoms with Crippen LogP contribution < -0.4 is 5.48 Å². The Hall–Kier alpha value is -0.570. The standard InChI is InChI=1S/C4H7NO2.2C2H6/c1-3-2-7-5-4(3)6;2*1-2/h3H,2H2,1H3,(H,5,6);2*1-2H3. The Balaban J connectivity index is 0. The minimum absolute atomic E-state index is 0.0139. The van der Waals surface area contributed by atoms with E-state index in [1.165, 1.54) is 0 Å². The summed E-state index contributed by atoms with van der Waals surface area (Å²) in [5, 5.41) is 0. The van der Waals surface area contributed by atoms with Crippen LogP contribution in [0, 0.1) is 5.92 Å². The second-order valence-corrected chi connectivity index (χ2v) is 1.68. The zero-order chi connectivity index (χ0) is 9.28. The van der Waals surface area contributed by atoms with Gasteiger partial charge in [-0.1, -0.05) is 34.6 Å². The van der Waals surface area contributed by atoms with Crippen molar-refractivity contribution in [1.29, 1.82) is 0 Å². The quantitative estimate of drug-likeness (QED) is 0.587. The fraction of sp³-hybridized carbons (Fsp3) is 0.875. The summed E-state index contributed by atoms with van der Waals surface area (Å²) in [6, 6.07) is 0. The molecule has 1 rings (SSSR count). The summed E-state index contributed by atoms with van der Waals surface area (Å²) >= 11 is 0. The van der Waals surface area contributed by atoms with Crippen molar-refractivity contribution in [3.05, 3.63) is 0 Å². The van der Waals surface area contributed by atoms with E-state index < -0.39 is 0 Å². The molecule has 1 saturated heterocycles. The third kappa shape index (κ3) is 5.85. The number of carbonyl (C=O) groups is 1. The van der Waals surface area contributed by atoms with Crippen LogP contribution in [0.4, 0.5) is 0 Å². The Kier molecular flexibility index (Phi) is 11.2. The van der Waals surface area contributed by atoms with Crippen LogP contribution in [-0.4, -0.2) is 12.5 Å². The average Bonchev–Trinajstić information content (AvgIpc) is 2.44. The first kappa shape index (κ1) is 13.1. The van der Waals surface area contributed by atoms with Gasteiger partial charge in [-0.15, -0.1) is 0 Å². The van der Waals surface area contributed by atoms with E-state index in [0.717, 1.165) is 0 Å². The summed E-state index contributed by atoms with van der Waals surface area (Å²) in [6.45, 7) is 10.3. The summed E-state index contributed by atoms with van der Waals surface area (Å²) in [6.07, 6.45) is 0. The molecule has 1 heterocycles. The van der Waals surface area contributed by atoms with Crippen LogP contribution >= 0.6 is 0 Å². The van der Waals surface area contributed by atoms with Gasteiger partial charge in [0, 0.05) is 0 Å². The van der Waals surface area contributed by atoms with Gasteiger partial charge in [-0.2, -0.15) is 0 Å². The van der Waals surface area contributed by atoms with Crippen LogP contribution in [-0.2, 0) is 9.63 Å². The number of nitrogens with one attached hydrogen (secondary N) is 1. The fourth-order valence-electron chi connectivity index (χ4n) is 0.414. The Bertz CT molecular complexity index is 94.1. The monoisotopic (exact) mass is 161 g/mol. The molecule has 0 aliphatic carbocycles. The maximum absolute atomic E-state index is 10.3. The van der Waals surface area contributed by atoms with Crippen molar-refractivity contribution >= 4 is 5.91 Å². The summed E-state index contributed by atoms with van der Waals surface area (Å²) in [4.78, 5) is 14.9. The van der Waals surface area contributed by atoms with Crippen LogP contribution in [0.15, 0.2) is 0 Å². The van der Waals surface area contributed by atoms with Crippen LogP contribution in [0.1, 0.15) is 34.6 Å². The molecule has 3 heteroatoms. The highest BCUT2D eigenvalue weighted by molar-refractivity contribution is 5.78. The number of carbonyl (C=O) groups excluding carboxylic acids is 1. The molecular formula is C8H19NO2. The zero-order valence-electron chi connectivity index (χ0n) is 8.10. The van der Waals surface area contributed by atoms with E-state index in [1.54, 1.807) is 0 Å². The average molecular weight is 161 g/mol. The van der Waals surface area contributed by atoms with Gasteiger partial charge in [0.2, 0.25) is 5.91 Å². The van der Waals surface area contributed by atoms with Gasteiger partial charge in [0.1, 0.15) is 0 Å². The summed E-state index contributed by atoms with van der Waals surface area (Å²) in [7, 11) is 0. The minimum Gasteiger partial charge on any atom is -0.273 e. The molecule has 0 aromatic carbocycles. The van der Waals surface area contributed by atoms with Crippen molar-refractivity contribution in [2.24, 2.45) is 5.92 Å². The molecule has 0 aromatic heterocycles. The van der Waals surface area contributed by atoms with E-state index in [9.17, 15) is 4.79 Å². The van der Waals surface area contributed by atoms with Gasteiger partial charge < -0.3 is 0 Å². The lowest BCUT2D eigenvalue weighted by Gasteiger charge is -1.86. The number of rotatable bonds is 0. The third-order valence-corrected chi connectivity index (χ3v) is 0.954. The lowest BCUT2D eigenvalue weighted by molar-refractivity contribution is -0.125. The molecule has 1 aliphatic rings. The molecule has 1 atom stereocenters. The van der Waals surface area contributed by atoms with Gasteiger partial charge in [0.05, 0.1) is 12.5 Å². The van der Waals surface area contributed by atoms with E-state index in [-0.39, 0.29) is 11.8 Å². The smallest absolute Gasteiger partial charge is 0.248 e. The van der Waals surface area contributed by atoms with Gasteiger partial charge in [0.25, 0.3) is 0 Å². The molecule has 1 amide bonds. The van der Waals surface area contributed by atoms with Gasteiger partial charge in [0.15, 0.2) is 0 Å². The molecule has 0 saturated carbocycles. The van der Waals surface area contributed by atoms with Crippen LogP contribution in [0.25, 0.3) is 0 Å². The molecular weight excluding hydrogens is 142 g/mol. The van der Waals surface area contributed by atoms with Crippen LogP contribution in [0.5, 0.6) is 0 Å². The molecule has 1 N–H and O–H groups in total. The van der Waals surface area contributed by atoms with Gasteiger partial charge in [-0.3, -0.25) is 9.63 Å². The van der Waals surface area contributed by atoms with Crippen molar-refractivity contribution in [1.82, 2.24) is 5.48 Å². The van der Waals surface area contributed by atoms with Crippen molar-refractivity contribution in [3.8, 4) is 0 Å². The van der Waals surface area contributed by atoms with Gasteiger partial charge >= 0.3 is 0 Å². The van der Waals surface area contributed by atoms with E-state index in [0.29, 0.717) is 6.61 Å². The molecule has 1 unspecified atom stereocenters. The maximum atomic E-state index is 10.3. The largest absolute Gasteiger partial charge is 0.273 e. The Morgan fingerprint density at radius 3 is 1.91 bits per heavy atom. The SMILES string of the molecule is CC.CC.CC1CONC1=O. The molecule has 1 fully saturated rings. The molecule has 1 aliphatic heterocycles. The first-order valence-electron chi connectivity index (χ1n) is 4.22. The molecule has 0 radical (unpaired) electrons. The Labute approximate surface area is 69.1 Å². The number of hydroxylamine groups is 1. The second kappa shape index (κ2) is 9.43. The highest BCUT2D eigenvalue weighted by atomic mass is 16.7. The lowest BCUT2D eigenvalue weighted by atomic mass is 10.2. The number of hydrogen-bond acceptors (Lipinski definition) is 2. The van der Waals surface area contributed by atoms with E-state index in [1.807, 2.05) is 34.6 Å². The summed E-state index contributed by atoms with van der Waals surface area (Å²) in [5.41, 5.74) is 2.23. The Morgan fingerprint density at radius 1 is 1.36 bits per heavy atom. The van der Waals surface area contributed by atoms with Crippen molar-refractivity contribution in [2.45, 2.75) is 34.6 Å². The fourth-order valence-corrected chi connectivity index (χ4v) is 0.414. The summed E-state index contributed by atoms with van der Waals surface area (Å²) < 4.78 is 0. The van der Waals surface area contributed by atoms with E-state index in [4.69, 9.17) is 0 Å². The highest BCUT2D eigenvalue weighted by Crippen LogP contribution is 2.00. The number of amides is 1. The highest BCUT2D eigenvalue weighted by Gasteiger charge is 2.19. The van der Waals surface area contributed by atoms with Crippen LogP contribution in [0.3, 0.4) is 0 Å². The molecule has 0 aromatic rings. The molecule has 3 nitrogen and oxygen atoms in total. The topological polar surface area (TPSA) is 38.3 Å². The molecule has 0 spiro atoms. The molecule has 0 bridgehead atoms. The maximum Gasteiger partial charge on any atom is 0.248 e. The Morgan fingerprint density at radius 2 is 1.82 bits per heavy atom. The predicted octanol–water partition coefficient (Wildman–Crippen LogP) is 1.74. The second-order valence-electron chi connectivity index (χ2n) is 1.68. The van der Waals surface area contributed by atoms with Crippen molar-refractivity contribution in [2.75, 3.05) is 6.61 Å². The van der Waals surface area contributed by atoms with Crippen molar-refractivity contribution < 1.29 is 9.63 Å². The zero-order valence-corrected chi connectivity index (χ0v) is 8.10. The van der Waals surface area contributed by atoms with Crippen LogP contribution in [0.2, 0.25) is 0 Å². The van der Waals surface area contributed by atoms with Gasteiger partial charge in [-0.25, -0.2) is 5.48 Å². The summed E-state index contributed by atoms with van der Waals surface area (Å²) in [5.74, 6) is 0.0278. The predicted molar refractivity (Wildman–Crippen MR) is 46.0 cm³/mol. The first-order valence-corrected chi connectivity index (χ1v) is 4.22. The molecule has 68 valence electrons. The van der Waals surface area contributed by atoms with Crippen molar-refractivity contribution in [3.63, 3.8) is 0 Å². The van der Waals surface area contributed by atoms with E-state index in [2.05, 4.69) is 10.3 Å². The third-order valence-electron chi connectivity index (χ3n) is 0.954. The lowest BCUT2D eigenvalue weighted by Crippen LogP contribution is -2.15. The van der Waals surface area contributed by atoms with Gasteiger partial charge in [-0.05, 0) is 0 Å².